The number of hydrogen-bond donors (Lipinski definition) is 0. The van der Waals surface area contributed by atoms with Crippen LogP contribution in [0.2, 0.25) is 5.02 Å². The van der Waals surface area contributed by atoms with E-state index in [2.05, 4.69) is 0 Å². The number of hydrogen-bond acceptors (Lipinski definition) is 2. The van der Waals surface area contributed by atoms with Crippen LogP contribution in [0.3, 0.4) is 0 Å². The molecule has 2 amide bonds. The largest absolute Gasteiger partial charge is 0.309 e. The monoisotopic (exact) mass is 374 g/mol. The number of carbonyl (C=O) groups excluding carboxylic acids is 2. The molecule has 0 fully saturated rings. The summed E-state index contributed by atoms with van der Waals surface area (Å²) in [5.74, 6) is -0.150. The van der Waals surface area contributed by atoms with Crippen LogP contribution >= 0.6 is 11.6 Å². The van der Waals surface area contributed by atoms with Crippen LogP contribution in [-0.2, 0) is 6.54 Å². The van der Waals surface area contributed by atoms with Crippen LogP contribution in [0.1, 0.15) is 38.0 Å². The first-order valence-electron chi connectivity index (χ1n) is 8.72. The molecule has 0 aromatic heterocycles. The van der Waals surface area contributed by atoms with E-state index >= 15 is 0 Å². The van der Waals surface area contributed by atoms with E-state index < -0.39 is 6.17 Å². The first-order chi connectivity index (χ1) is 13.1. The number of halogens is 1. The molecule has 0 radical (unpaired) electrons. The number of rotatable bonds is 2. The lowest BCUT2D eigenvalue weighted by Gasteiger charge is -2.41. The molecule has 0 unspecified atom stereocenters. The highest BCUT2D eigenvalue weighted by atomic mass is 35.5. The smallest absolute Gasteiger partial charge is 0.260 e. The van der Waals surface area contributed by atoms with Crippen molar-refractivity contribution in [3.8, 4) is 0 Å². The molecule has 0 saturated heterocycles. The van der Waals surface area contributed by atoms with Gasteiger partial charge in [0.25, 0.3) is 11.8 Å². The number of nitrogens with zero attached hydrogens (tertiary/aromatic N) is 2. The van der Waals surface area contributed by atoms with E-state index in [4.69, 9.17) is 11.6 Å². The fourth-order valence-electron chi connectivity index (χ4n) is 3.92. The Morgan fingerprint density at radius 2 is 1.44 bits per heavy atom. The van der Waals surface area contributed by atoms with E-state index in [9.17, 15) is 9.59 Å². The quantitative estimate of drug-likeness (QED) is 0.654. The third kappa shape index (κ3) is 2.37. The van der Waals surface area contributed by atoms with Crippen LogP contribution in [-0.4, -0.2) is 16.7 Å². The lowest BCUT2D eigenvalue weighted by Crippen LogP contribution is -2.47. The summed E-state index contributed by atoms with van der Waals surface area (Å²) in [5.41, 5.74) is 3.68. The molecule has 3 aromatic rings. The predicted molar refractivity (Wildman–Crippen MR) is 104 cm³/mol. The zero-order valence-corrected chi connectivity index (χ0v) is 15.1. The van der Waals surface area contributed by atoms with Crippen molar-refractivity contribution in [3.63, 3.8) is 0 Å². The number of carbonyl (C=O) groups is 2. The topological polar surface area (TPSA) is 40.6 Å². The summed E-state index contributed by atoms with van der Waals surface area (Å²) in [5, 5.41) is 0.650. The van der Waals surface area contributed by atoms with Gasteiger partial charge in [-0.1, -0.05) is 54.1 Å². The molecule has 3 aromatic carbocycles. The third-order valence-corrected chi connectivity index (χ3v) is 5.40. The average molecular weight is 375 g/mol. The van der Waals surface area contributed by atoms with Gasteiger partial charge in [0.2, 0.25) is 0 Å². The van der Waals surface area contributed by atoms with Crippen molar-refractivity contribution in [3.05, 3.63) is 100 Å². The van der Waals surface area contributed by atoms with Crippen LogP contribution in [0.4, 0.5) is 5.69 Å². The Morgan fingerprint density at radius 3 is 2.22 bits per heavy atom. The van der Waals surface area contributed by atoms with Crippen LogP contribution in [0.25, 0.3) is 0 Å². The maximum absolute atomic E-state index is 13.3. The molecule has 0 aliphatic carbocycles. The van der Waals surface area contributed by atoms with Crippen LogP contribution < -0.4 is 4.90 Å². The summed E-state index contributed by atoms with van der Waals surface area (Å²) in [6.45, 7) is 0.396. The second-order valence-corrected chi connectivity index (χ2v) is 7.15. The summed E-state index contributed by atoms with van der Waals surface area (Å²) in [6, 6.07) is 22.2. The van der Waals surface area contributed by atoms with Crippen molar-refractivity contribution in [2.24, 2.45) is 0 Å². The second-order valence-electron chi connectivity index (χ2n) is 6.71. The van der Waals surface area contributed by atoms with E-state index in [1.807, 2.05) is 66.7 Å². The van der Waals surface area contributed by atoms with E-state index in [1.165, 1.54) is 0 Å². The van der Waals surface area contributed by atoms with Gasteiger partial charge >= 0.3 is 0 Å². The molecule has 0 N–H and O–H groups in total. The first kappa shape index (κ1) is 16.1. The van der Waals surface area contributed by atoms with Crippen molar-refractivity contribution < 1.29 is 9.59 Å². The van der Waals surface area contributed by atoms with Crippen LogP contribution in [0.15, 0.2) is 72.8 Å². The third-order valence-electron chi connectivity index (χ3n) is 5.15. The Bertz CT molecular complexity index is 1080. The molecule has 2 aliphatic rings. The van der Waals surface area contributed by atoms with Gasteiger partial charge in [0.05, 0.1) is 11.3 Å². The van der Waals surface area contributed by atoms with Gasteiger partial charge in [-0.15, -0.1) is 0 Å². The zero-order chi connectivity index (χ0) is 18.5. The Hall–Kier alpha value is -3.11. The Morgan fingerprint density at radius 1 is 0.778 bits per heavy atom. The number of para-hydroxylation sites is 1. The highest BCUT2D eigenvalue weighted by molar-refractivity contribution is 6.30. The molecule has 5 rings (SSSR count). The highest BCUT2D eigenvalue weighted by Gasteiger charge is 2.47. The fourth-order valence-corrected chi connectivity index (χ4v) is 4.05. The Kier molecular flexibility index (Phi) is 3.55. The van der Waals surface area contributed by atoms with Gasteiger partial charge < -0.3 is 4.90 Å². The Labute approximate surface area is 161 Å². The average Bonchev–Trinajstić information content (AvgIpc) is 3.00. The minimum atomic E-state index is -0.438. The number of fused-ring (bicyclic) bond motifs is 5. The van der Waals surface area contributed by atoms with Crippen molar-refractivity contribution in [2.75, 3.05) is 4.90 Å². The van der Waals surface area contributed by atoms with Gasteiger partial charge in [-0.2, -0.15) is 0 Å². The molecule has 132 valence electrons. The van der Waals surface area contributed by atoms with Crippen molar-refractivity contribution in [1.29, 1.82) is 0 Å². The molecular weight excluding hydrogens is 360 g/mol. The number of anilines is 1. The minimum Gasteiger partial charge on any atom is -0.309 e. The standard InChI is InChI=1S/C22H15ClN2O2/c23-15-11-9-14(10-12-15)13-24-20-16-5-1-2-6-17(16)22(27)25(20)19-8-4-3-7-18(19)21(24)26/h1-12,20H,13H2/t20-/m1/s1. The van der Waals surface area contributed by atoms with Gasteiger partial charge in [0.1, 0.15) is 6.17 Å². The van der Waals surface area contributed by atoms with Gasteiger partial charge in [-0.3, -0.25) is 14.5 Å². The van der Waals surface area contributed by atoms with Crippen molar-refractivity contribution >= 4 is 29.1 Å². The number of benzene rings is 3. The highest BCUT2D eigenvalue weighted by Crippen LogP contribution is 2.45. The maximum atomic E-state index is 13.3. The molecule has 0 spiro atoms. The molecule has 2 aliphatic heterocycles. The van der Waals surface area contributed by atoms with Crippen molar-refractivity contribution in [2.45, 2.75) is 12.7 Å². The van der Waals surface area contributed by atoms with E-state index in [1.54, 1.807) is 15.9 Å². The van der Waals surface area contributed by atoms with Gasteiger partial charge in [0, 0.05) is 22.7 Å². The van der Waals surface area contributed by atoms with E-state index in [0.29, 0.717) is 28.4 Å². The fraction of sp³-hybridized carbons (Fsp3) is 0.0909. The number of amides is 2. The summed E-state index contributed by atoms with van der Waals surface area (Å²) in [6.07, 6.45) is -0.438. The molecule has 5 heteroatoms. The zero-order valence-electron chi connectivity index (χ0n) is 14.3. The Balaban J connectivity index is 1.67. The van der Waals surface area contributed by atoms with Crippen molar-refractivity contribution in [1.82, 2.24) is 4.90 Å². The van der Waals surface area contributed by atoms with Gasteiger partial charge in [-0.25, -0.2) is 0 Å². The summed E-state index contributed by atoms with van der Waals surface area (Å²) in [4.78, 5) is 29.9. The minimum absolute atomic E-state index is 0.0725. The van der Waals surface area contributed by atoms with E-state index in [0.717, 1.165) is 11.1 Å². The summed E-state index contributed by atoms with van der Waals surface area (Å²) >= 11 is 5.99. The SMILES string of the molecule is O=C1c2ccccc2N2C(=O)c3ccccc3[C@@H]2N1Cc1ccc(Cl)cc1. The first-order valence-corrected chi connectivity index (χ1v) is 9.10. The lowest BCUT2D eigenvalue weighted by atomic mass is 10.0. The second kappa shape index (κ2) is 5.96. The summed E-state index contributed by atoms with van der Waals surface area (Å²) < 4.78 is 0. The molecule has 2 heterocycles. The molecule has 1 atom stereocenters. The predicted octanol–water partition coefficient (Wildman–Crippen LogP) is 4.66. The van der Waals surface area contributed by atoms with Gasteiger partial charge in [0.15, 0.2) is 0 Å². The molecule has 0 bridgehead atoms. The van der Waals surface area contributed by atoms with Gasteiger partial charge in [-0.05, 0) is 35.9 Å². The lowest BCUT2D eigenvalue weighted by molar-refractivity contribution is 0.0630. The summed E-state index contributed by atoms with van der Waals surface area (Å²) in [7, 11) is 0. The van der Waals surface area contributed by atoms with Crippen LogP contribution in [0.5, 0.6) is 0 Å². The molecule has 27 heavy (non-hydrogen) atoms. The maximum Gasteiger partial charge on any atom is 0.260 e. The molecule has 0 saturated carbocycles. The van der Waals surface area contributed by atoms with E-state index in [-0.39, 0.29) is 11.8 Å². The molecular formula is C22H15ClN2O2. The molecule has 4 nitrogen and oxygen atoms in total. The van der Waals surface area contributed by atoms with Crippen LogP contribution in [0, 0.1) is 0 Å². The normalized spacial score (nSPS) is 17.6.